The zero-order valence-corrected chi connectivity index (χ0v) is 15.9. The fraction of sp³-hybridized carbons (Fsp3) is 0.722. The summed E-state index contributed by atoms with van der Waals surface area (Å²) >= 11 is 0. The highest BCUT2D eigenvalue weighted by Gasteiger charge is 2.32. The van der Waals surface area contributed by atoms with Gasteiger partial charge in [0.05, 0.1) is 12.2 Å². The number of aromatic nitrogens is 2. The molecule has 1 aromatic heterocycles. The number of unbranched alkanes of at least 4 members (excludes halogenated alkanes) is 1. The smallest absolute Gasteiger partial charge is 0.243 e. The largest absolute Gasteiger partial charge is 0.353 e. The van der Waals surface area contributed by atoms with Crippen molar-refractivity contribution >= 4 is 17.6 Å². The number of fused-ring (bicyclic) bond motifs is 1. The van der Waals surface area contributed by atoms with Gasteiger partial charge in [-0.3, -0.25) is 14.5 Å². The SMILES string of the molecule is CCCCN(CC)CCNC(=O)[C@H](C)N1C(=O)CCn2nc(C)cc21. The zero-order valence-electron chi connectivity index (χ0n) is 15.9. The molecule has 2 rings (SSSR count). The molecule has 7 nitrogen and oxygen atoms in total. The van der Waals surface area contributed by atoms with E-state index in [4.69, 9.17) is 0 Å². The van der Waals surface area contributed by atoms with Crippen LogP contribution in [0.5, 0.6) is 0 Å². The molecule has 1 aliphatic rings. The molecule has 0 spiro atoms. The third-order valence-electron chi connectivity index (χ3n) is 4.70. The lowest BCUT2D eigenvalue weighted by Crippen LogP contribution is -2.51. The van der Waals surface area contributed by atoms with Gasteiger partial charge in [-0.25, -0.2) is 4.68 Å². The Morgan fingerprint density at radius 3 is 2.84 bits per heavy atom. The number of amides is 2. The van der Waals surface area contributed by atoms with Crippen LogP contribution in [0.1, 0.15) is 45.7 Å². The number of nitrogens with zero attached hydrogens (tertiary/aromatic N) is 4. The zero-order chi connectivity index (χ0) is 18.4. The maximum atomic E-state index is 12.5. The van der Waals surface area contributed by atoms with E-state index in [1.165, 1.54) is 12.8 Å². The van der Waals surface area contributed by atoms with Gasteiger partial charge in [-0.2, -0.15) is 5.10 Å². The van der Waals surface area contributed by atoms with Crippen molar-refractivity contribution in [2.45, 2.75) is 59.5 Å². The van der Waals surface area contributed by atoms with Crippen molar-refractivity contribution in [1.82, 2.24) is 20.0 Å². The Kier molecular flexibility index (Phi) is 6.99. The summed E-state index contributed by atoms with van der Waals surface area (Å²) in [6, 6.07) is 1.33. The van der Waals surface area contributed by atoms with Crippen molar-refractivity contribution < 1.29 is 9.59 Å². The Balaban J connectivity index is 1.92. The van der Waals surface area contributed by atoms with Crippen LogP contribution in [-0.2, 0) is 16.1 Å². The predicted molar refractivity (Wildman–Crippen MR) is 98.6 cm³/mol. The molecule has 2 heterocycles. The molecule has 0 fully saturated rings. The van der Waals surface area contributed by atoms with Gasteiger partial charge in [0.2, 0.25) is 11.8 Å². The molecule has 1 N–H and O–H groups in total. The molecule has 140 valence electrons. The summed E-state index contributed by atoms with van der Waals surface area (Å²) in [5, 5.41) is 7.36. The summed E-state index contributed by atoms with van der Waals surface area (Å²) in [4.78, 5) is 28.8. The third-order valence-corrected chi connectivity index (χ3v) is 4.70. The van der Waals surface area contributed by atoms with Gasteiger partial charge in [0, 0.05) is 25.6 Å². The average Bonchev–Trinajstić information content (AvgIpc) is 2.97. The van der Waals surface area contributed by atoms with E-state index in [1.807, 2.05) is 17.7 Å². The number of nitrogens with one attached hydrogen (secondary N) is 1. The second-order valence-corrected chi connectivity index (χ2v) is 6.64. The molecular formula is C18H31N5O2. The lowest BCUT2D eigenvalue weighted by molar-refractivity contribution is -0.126. The van der Waals surface area contributed by atoms with E-state index in [2.05, 4.69) is 29.2 Å². The van der Waals surface area contributed by atoms with Gasteiger partial charge in [0.25, 0.3) is 0 Å². The Labute approximate surface area is 150 Å². The number of rotatable bonds is 9. The van der Waals surface area contributed by atoms with E-state index < -0.39 is 6.04 Å². The van der Waals surface area contributed by atoms with E-state index in [9.17, 15) is 9.59 Å². The summed E-state index contributed by atoms with van der Waals surface area (Å²) in [5.41, 5.74) is 0.858. The van der Waals surface area contributed by atoms with Gasteiger partial charge in [0.15, 0.2) is 0 Å². The minimum Gasteiger partial charge on any atom is -0.353 e. The first kappa shape index (κ1) is 19.4. The van der Waals surface area contributed by atoms with Crippen LogP contribution < -0.4 is 10.2 Å². The van der Waals surface area contributed by atoms with Crippen LogP contribution in [-0.4, -0.2) is 58.7 Å². The number of hydrogen-bond donors (Lipinski definition) is 1. The van der Waals surface area contributed by atoms with Crippen molar-refractivity contribution in [1.29, 1.82) is 0 Å². The second kappa shape index (κ2) is 8.99. The molecule has 25 heavy (non-hydrogen) atoms. The highest BCUT2D eigenvalue weighted by molar-refractivity contribution is 6.00. The van der Waals surface area contributed by atoms with Crippen molar-refractivity contribution in [2.24, 2.45) is 0 Å². The Bertz CT molecular complexity index is 598. The molecule has 0 bridgehead atoms. The quantitative estimate of drug-likeness (QED) is 0.734. The topological polar surface area (TPSA) is 70.5 Å². The highest BCUT2D eigenvalue weighted by atomic mass is 16.2. The monoisotopic (exact) mass is 349 g/mol. The summed E-state index contributed by atoms with van der Waals surface area (Å²) in [5.74, 6) is 0.579. The van der Waals surface area contributed by atoms with E-state index >= 15 is 0 Å². The molecule has 0 saturated heterocycles. The first-order valence-corrected chi connectivity index (χ1v) is 9.34. The fourth-order valence-electron chi connectivity index (χ4n) is 3.17. The molecule has 7 heteroatoms. The van der Waals surface area contributed by atoms with Gasteiger partial charge >= 0.3 is 0 Å². The molecular weight excluding hydrogens is 318 g/mol. The van der Waals surface area contributed by atoms with Crippen LogP contribution in [0.4, 0.5) is 5.82 Å². The van der Waals surface area contributed by atoms with Crippen molar-refractivity contribution in [3.8, 4) is 0 Å². The molecule has 0 radical (unpaired) electrons. The van der Waals surface area contributed by atoms with Crippen molar-refractivity contribution in [3.05, 3.63) is 11.8 Å². The number of carbonyl (C=O) groups excluding carboxylic acids is 2. The number of aryl methyl sites for hydroxylation is 2. The predicted octanol–water partition coefficient (Wildman–Crippen LogP) is 1.55. The van der Waals surface area contributed by atoms with Gasteiger partial charge in [-0.05, 0) is 33.4 Å². The Hall–Kier alpha value is -1.89. The van der Waals surface area contributed by atoms with E-state index in [1.54, 1.807) is 11.8 Å². The van der Waals surface area contributed by atoms with Crippen LogP contribution in [0.3, 0.4) is 0 Å². The molecule has 0 aliphatic carbocycles. The maximum Gasteiger partial charge on any atom is 0.243 e. The number of carbonyl (C=O) groups is 2. The summed E-state index contributed by atoms with van der Waals surface area (Å²) in [6.45, 7) is 12.0. The summed E-state index contributed by atoms with van der Waals surface area (Å²) in [6.07, 6.45) is 2.72. The first-order chi connectivity index (χ1) is 12.0. The van der Waals surface area contributed by atoms with E-state index in [0.29, 0.717) is 19.5 Å². The fourth-order valence-corrected chi connectivity index (χ4v) is 3.17. The Morgan fingerprint density at radius 2 is 2.16 bits per heavy atom. The molecule has 0 aromatic carbocycles. The van der Waals surface area contributed by atoms with Gasteiger partial charge < -0.3 is 10.2 Å². The van der Waals surface area contributed by atoms with Crippen molar-refractivity contribution in [3.63, 3.8) is 0 Å². The summed E-state index contributed by atoms with van der Waals surface area (Å²) in [7, 11) is 0. The maximum absolute atomic E-state index is 12.5. The van der Waals surface area contributed by atoms with Crippen molar-refractivity contribution in [2.75, 3.05) is 31.1 Å². The average molecular weight is 349 g/mol. The Morgan fingerprint density at radius 1 is 1.40 bits per heavy atom. The molecule has 1 atom stereocenters. The number of anilines is 1. The third kappa shape index (κ3) is 4.81. The summed E-state index contributed by atoms with van der Waals surface area (Å²) < 4.78 is 1.81. The first-order valence-electron chi connectivity index (χ1n) is 9.34. The van der Waals surface area contributed by atoms with Crippen LogP contribution in [0, 0.1) is 6.92 Å². The molecule has 0 saturated carbocycles. The van der Waals surface area contributed by atoms with E-state index in [0.717, 1.165) is 31.1 Å². The lowest BCUT2D eigenvalue weighted by Gasteiger charge is -2.32. The van der Waals surface area contributed by atoms with Crippen LogP contribution in [0.25, 0.3) is 0 Å². The van der Waals surface area contributed by atoms with Crippen LogP contribution in [0.15, 0.2) is 6.07 Å². The van der Waals surface area contributed by atoms with E-state index in [-0.39, 0.29) is 11.8 Å². The van der Waals surface area contributed by atoms with Gasteiger partial charge in [-0.15, -0.1) is 0 Å². The standard InChI is InChI=1S/C18H31N5O2/c1-5-7-10-21(6-2)12-9-19-18(25)15(4)23-16-13-14(3)20-22(16)11-8-17(23)24/h13,15H,5-12H2,1-4H3,(H,19,25)/t15-/m0/s1. The normalized spacial score (nSPS) is 15.4. The minimum absolute atomic E-state index is 0.0202. The van der Waals surface area contributed by atoms with Gasteiger partial charge in [0.1, 0.15) is 11.9 Å². The minimum atomic E-state index is -0.534. The van der Waals surface area contributed by atoms with Crippen LogP contribution in [0.2, 0.25) is 0 Å². The highest BCUT2D eigenvalue weighted by Crippen LogP contribution is 2.24. The van der Waals surface area contributed by atoms with Gasteiger partial charge in [-0.1, -0.05) is 20.3 Å². The molecule has 1 aromatic rings. The molecule has 2 amide bonds. The number of likely N-dealkylation sites (N-methyl/N-ethyl adjacent to an activating group) is 1. The number of hydrogen-bond acceptors (Lipinski definition) is 4. The van der Waals surface area contributed by atoms with Crippen LogP contribution >= 0.6 is 0 Å². The molecule has 1 aliphatic heterocycles. The second-order valence-electron chi connectivity index (χ2n) is 6.64. The lowest BCUT2D eigenvalue weighted by atomic mass is 10.2. The molecule has 0 unspecified atom stereocenters.